The zero-order valence-corrected chi connectivity index (χ0v) is 14.2. The number of amides is 1. The van der Waals surface area contributed by atoms with Crippen molar-refractivity contribution in [2.45, 2.75) is 36.1 Å². The van der Waals surface area contributed by atoms with Gasteiger partial charge in [0.25, 0.3) is 0 Å². The summed E-state index contributed by atoms with van der Waals surface area (Å²) in [5, 5.41) is 0. The number of carbonyl (C=O) groups excluding carboxylic acids is 1. The summed E-state index contributed by atoms with van der Waals surface area (Å²) in [6.07, 6.45) is 6.82. The molecule has 2 aromatic rings. The normalized spacial score (nSPS) is 39.2. The zero-order valence-electron chi connectivity index (χ0n) is 14.2. The Balaban J connectivity index is 1.17. The molecule has 0 N–H and O–H groups in total. The molecule has 2 heterocycles. The van der Waals surface area contributed by atoms with Crippen LogP contribution in [0.2, 0.25) is 0 Å². The van der Waals surface area contributed by atoms with Gasteiger partial charge in [-0.3, -0.25) is 9.78 Å². The number of nitrogens with zero attached hydrogens (tertiary/aromatic N) is 2. The predicted molar refractivity (Wildman–Crippen MR) is 90.3 cm³/mol. The van der Waals surface area contributed by atoms with Gasteiger partial charge >= 0.3 is 0 Å². The molecule has 1 amide bonds. The first-order chi connectivity index (χ1) is 12.5. The number of benzene rings is 1. The van der Waals surface area contributed by atoms with Gasteiger partial charge in [0.2, 0.25) is 5.91 Å². The molecular weight excluding hydrogens is 334 g/mol. The van der Waals surface area contributed by atoms with Gasteiger partial charge in [0, 0.05) is 35.8 Å². The van der Waals surface area contributed by atoms with Gasteiger partial charge < -0.3 is 4.90 Å². The van der Waals surface area contributed by atoms with Gasteiger partial charge in [-0.15, -0.1) is 0 Å². The minimum absolute atomic E-state index is 0.0363. The summed E-state index contributed by atoms with van der Waals surface area (Å²) in [5.74, 6) is -1.15. The first-order valence-corrected chi connectivity index (χ1v) is 9.20. The second-order valence-electron chi connectivity index (χ2n) is 8.61. The Kier molecular flexibility index (Phi) is 2.57. The topological polar surface area (TPSA) is 33.2 Å². The van der Waals surface area contributed by atoms with Crippen LogP contribution in [0.15, 0.2) is 42.7 Å². The Morgan fingerprint density at radius 3 is 2.35 bits per heavy atom. The summed E-state index contributed by atoms with van der Waals surface area (Å²) in [4.78, 5) is 19.1. The minimum atomic E-state index is -0.831. The Bertz CT molecular complexity index is 925. The molecule has 3 nitrogen and oxygen atoms in total. The number of carbonyl (C=O) groups is 1. The molecule has 5 fully saturated rings. The van der Waals surface area contributed by atoms with E-state index in [1.165, 1.54) is 17.7 Å². The van der Waals surface area contributed by atoms with Crippen LogP contribution >= 0.6 is 0 Å². The molecule has 3 unspecified atom stereocenters. The third kappa shape index (κ3) is 1.67. The van der Waals surface area contributed by atoms with Crippen molar-refractivity contribution in [2.75, 3.05) is 6.54 Å². The van der Waals surface area contributed by atoms with Gasteiger partial charge in [0.1, 0.15) is 0 Å². The highest BCUT2D eigenvalue weighted by molar-refractivity contribution is 5.88. The van der Waals surface area contributed by atoms with Gasteiger partial charge in [-0.1, -0.05) is 6.07 Å². The third-order valence-electron chi connectivity index (χ3n) is 7.31. The lowest BCUT2D eigenvalue weighted by atomic mass is 9.37. The van der Waals surface area contributed by atoms with Gasteiger partial charge in [-0.25, -0.2) is 8.78 Å². The van der Waals surface area contributed by atoms with E-state index in [-0.39, 0.29) is 34.6 Å². The van der Waals surface area contributed by atoms with Crippen LogP contribution in [-0.2, 0) is 10.2 Å². The van der Waals surface area contributed by atoms with Crippen LogP contribution in [0.3, 0.4) is 0 Å². The molecule has 1 saturated heterocycles. The maximum atomic E-state index is 13.5. The zero-order chi connectivity index (χ0) is 17.7. The van der Waals surface area contributed by atoms with Crippen LogP contribution in [0.25, 0.3) is 0 Å². The van der Waals surface area contributed by atoms with Crippen LogP contribution < -0.4 is 0 Å². The standard InChI is InChI=1S/C21H18F2N2O/c22-15-2-1-12(7-16(15)23)17-14-8-25(19(26)18(14)17)21-9-20(10-21,11-21)13-3-5-24-6-4-13/h1-7,14,17-18H,8-11H2. The van der Waals surface area contributed by atoms with Crippen molar-refractivity contribution in [1.82, 2.24) is 9.88 Å². The van der Waals surface area contributed by atoms with E-state index in [0.717, 1.165) is 31.4 Å². The van der Waals surface area contributed by atoms with Crippen LogP contribution in [0.1, 0.15) is 36.3 Å². The molecule has 2 bridgehead atoms. The lowest BCUT2D eigenvalue weighted by molar-refractivity contribution is -0.181. The summed E-state index contributed by atoms with van der Waals surface area (Å²) in [6, 6.07) is 8.23. The lowest BCUT2D eigenvalue weighted by Gasteiger charge is -2.74. The van der Waals surface area contributed by atoms with E-state index in [2.05, 4.69) is 22.0 Å². The van der Waals surface area contributed by atoms with Gasteiger partial charge in [-0.2, -0.15) is 0 Å². The molecule has 0 radical (unpaired) electrons. The van der Waals surface area contributed by atoms with Gasteiger partial charge in [0.05, 0.1) is 5.92 Å². The number of hydrogen-bond acceptors (Lipinski definition) is 2. The van der Waals surface area contributed by atoms with Crippen molar-refractivity contribution >= 4 is 5.91 Å². The molecular formula is C21H18F2N2O. The van der Waals surface area contributed by atoms with Crippen molar-refractivity contribution in [2.24, 2.45) is 11.8 Å². The average molecular weight is 352 g/mol. The SMILES string of the molecule is O=C1C2C(CN1C13CC(c4ccncc4)(C1)C3)C2c1ccc(F)c(F)c1. The van der Waals surface area contributed by atoms with Crippen LogP contribution in [0.5, 0.6) is 0 Å². The second-order valence-corrected chi connectivity index (χ2v) is 8.61. The summed E-state index contributed by atoms with van der Waals surface area (Å²) >= 11 is 0. The average Bonchev–Trinajstić information content (AvgIpc) is 3.19. The molecule has 1 aliphatic heterocycles. The fraction of sp³-hybridized carbons (Fsp3) is 0.429. The predicted octanol–water partition coefficient (Wildman–Crippen LogP) is 3.41. The van der Waals surface area contributed by atoms with Crippen molar-refractivity contribution in [3.05, 3.63) is 65.5 Å². The maximum Gasteiger partial charge on any atom is 0.227 e. The fourth-order valence-electron chi connectivity index (χ4n) is 6.05. The highest BCUT2D eigenvalue weighted by Gasteiger charge is 2.75. The molecule has 7 rings (SSSR count). The Labute approximate surface area is 150 Å². The van der Waals surface area contributed by atoms with E-state index in [1.54, 1.807) is 6.07 Å². The van der Waals surface area contributed by atoms with E-state index in [0.29, 0.717) is 0 Å². The van der Waals surface area contributed by atoms with Gasteiger partial charge in [0.15, 0.2) is 11.6 Å². The van der Waals surface area contributed by atoms with Crippen molar-refractivity contribution < 1.29 is 13.6 Å². The minimum Gasteiger partial charge on any atom is -0.336 e. The number of pyridine rings is 1. The first-order valence-electron chi connectivity index (χ1n) is 9.20. The van der Waals surface area contributed by atoms with E-state index < -0.39 is 11.6 Å². The van der Waals surface area contributed by atoms with Crippen LogP contribution in [-0.4, -0.2) is 27.9 Å². The number of likely N-dealkylation sites (tertiary alicyclic amines) is 1. The van der Waals surface area contributed by atoms with E-state index >= 15 is 0 Å². The maximum absolute atomic E-state index is 13.5. The number of aromatic nitrogens is 1. The summed E-state index contributed by atoms with van der Waals surface area (Å²) in [5.41, 5.74) is 2.39. The molecule has 132 valence electrons. The smallest absolute Gasteiger partial charge is 0.227 e. The number of hydrogen-bond donors (Lipinski definition) is 0. The fourth-order valence-corrected chi connectivity index (χ4v) is 6.05. The summed E-state index contributed by atoms with van der Waals surface area (Å²) in [7, 11) is 0. The summed E-state index contributed by atoms with van der Waals surface area (Å²) < 4.78 is 26.7. The van der Waals surface area contributed by atoms with Crippen LogP contribution in [0.4, 0.5) is 8.78 Å². The molecule has 4 saturated carbocycles. The summed E-state index contributed by atoms with van der Waals surface area (Å²) in [6.45, 7) is 0.763. The van der Waals surface area contributed by atoms with Crippen molar-refractivity contribution in [3.8, 4) is 0 Å². The van der Waals surface area contributed by atoms with Crippen LogP contribution in [0, 0.1) is 23.5 Å². The number of fused-ring (bicyclic) bond motifs is 1. The highest BCUT2D eigenvalue weighted by Crippen LogP contribution is 2.73. The van der Waals surface area contributed by atoms with E-state index in [4.69, 9.17) is 0 Å². The largest absolute Gasteiger partial charge is 0.336 e. The number of piperidine rings is 1. The Morgan fingerprint density at radius 2 is 1.73 bits per heavy atom. The van der Waals surface area contributed by atoms with Crippen molar-refractivity contribution in [3.63, 3.8) is 0 Å². The molecule has 0 spiro atoms. The molecule has 1 aromatic carbocycles. The quantitative estimate of drug-likeness (QED) is 0.848. The highest BCUT2D eigenvalue weighted by atomic mass is 19.2. The van der Waals surface area contributed by atoms with E-state index in [9.17, 15) is 13.6 Å². The molecule has 5 aliphatic rings. The monoisotopic (exact) mass is 352 g/mol. The molecule has 1 aromatic heterocycles. The lowest BCUT2D eigenvalue weighted by Crippen LogP contribution is -2.77. The number of rotatable bonds is 3. The molecule has 3 atom stereocenters. The second kappa shape index (κ2) is 4.51. The van der Waals surface area contributed by atoms with Gasteiger partial charge in [-0.05, 0) is 60.6 Å². The Hall–Kier alpha value is -2.30. The molecule has 4 aliphatic carbocycles. The first kappa shape index (κ1) is 14.8. The third-order valence-corrected chi connectivity index (χ3v) is 7.31. The molecule has 26 heavy (non-hydrogen) atoms. The number of halogens is 2. The van der Waals surface area contributed by atoms with Crippen molar-refractivity contribution in [1.29, 1.82) is 0 Å². The Morgan fingerprint density at radius 1 is 1.00 bits per heavy atom. The molecule has 5 heteroatoms. The van der Waals surface area contributed by atoms with E-state index in [1.807, 2.05) is 12.4 Å².